The lowest BCUT2D eigenvalue weighted by atomic mass is 10.5. The van der Waals surface area contributed by atoms with E-state index < -0.39 is 11.9 Å². The quantitative estimate of drug-likeness (QED) is 0.462. The van der Waals surface area contributed by atoms with Gasteiger partial charge in [-0.15, -0.1) is 0 Å². The van der Waals surface area contributed by atoms with Crippen molar-refractivity contribution < 1.29 is 14.3 Å². The minimum atomic E-state index is -0.906. The van der Waals surface area contributed by atoms with Crippen LogP contribution in [0, 0.1) is 0 Å². The number of anilines is 1. The Balaban J connectivity index is 2.53. The van der Waals surface area contributed by atoms with Crippen LogP contribution in [0.4, 0.5) is 5.69 Å². The summed E-state index contributed by atoms with van der Waals surface area (Å²) in [6, 6.07) is 1.63. The fraction of sp³-hybridized carbons (Fsp3) is 0.143. The first-order chi connectivity index (χ1) is 5.74. The third-order valence-electron chi connectivity index (χ3n) is 1.23. The van der Waals surface area contributed by atoms with Crippen LogP contribution in [-0.4, -0.2) is 24.0 Å². The standard InChI is InChI=1S/C7H8N2O3/c1-12-7(11)6(10)9-5-2-3-8-4-5/h2-4,8H,1H3,(H,9,10). The molecule has 0 aliphatic heterocycles. The van der Waals surface area contributed by atoms with Crippen molar-refractivity contribution in [3.8, 4) is 0 Å². The SMILES string of the molecule is COC(=O)C(=O)Nc1cc[nH]c1. The second kappa shape index (κ2) is 3.56. The second-order valence-electron chi connectivity index (χ2n) is 2.05. The van der Waals surface area contributed by atoms with Crippen molar-refractivity contribution in [3.05, 3.63) is 18.5 Å². The molecule has 0 bridgehead atoms. The minimum absolute atomic E-state index is 0.533. The van der Waals surface area contributed by atoms with E-state index in [4.69, 9.17) is 0 Å². The van der Waals surface area contributed by atoms with Gasteiger partial charge < -0.3 is 15.0 Å². The predicted octanol–water partition coefficient (Wildman–Crippen LogP) is 0.126. The van der Waals surface area contributed by atoms with Gasteiger partial charge in [0.15, 0.2) is 0 Å². The summed E-state index contributed by atoms with van der Waals surface area (Å²) in [5, 5.41) is 2.33. The topological polar surface area (TPSA) is 71.2 Å². The minimum Gasteiger partial charge on any atom is -0.462 e. The first-order valence-corrected chi connectivity index (χ1v) is 3.26. The van der Waals surface area contributed by atoms with Crippen LogP contribution in [0.3, 0.4) is 0 Å². The summed E-state index contributed by atoms with van der Waals surface area (Å²) in [4.78, 5) is 24.2. The predicted molar refractivity (Wildman–Crippen MR) is 41.4 cm³/mol. The molecule has 0 radical (unpaired) electrons. The highest BCUT2D eigenvalue weighted by atomic mass is 16.5. The summed E-state index contributed by atoms with van der Waals surface area (Å²) in [6.45, 7) is 0. The molecule has 2 N–H and O–H groups in total. The Morgan fingerprint density at radius 1 is 1.58 bits per heavy atom. The van der Waals surface area contributed by atoms with Crippen LogP contribution >= 0.6 is 0 Å². The smallest absolute Gasteiger partial charge is 0.396 e. The van der Waals surface area contributed by atoms with Crippen LogP contribution < -0.4 is 5.32 Å². The highest BCUT2D eigenvalue weighted by Gasteiger charge is 2.13. The van der Waals surface area contributed by atoms with Gasteiger partial charge >= 0.3 is 11.9 Å². The average Bonchev–Trinajstić information content (AvgIpc) is 2.55. The van der Waals surface area contributed by atoms with E-state index >= 15 is 0 Å². The molecule has 12 heavy (non-hydrogen) atoms. The number of carbonyl (C=O) groups is 2. The lowest BCUT2D eigenvalue weighted by Crippen LogP contribution is -2.23. The van der Waals surface area contributed by atoms with Crippen LogP contribution in [0.15, 0.2) is 18.5 Å². The van der Waals surface area contributed by atoms with E-state index in [1.165, 1.54) is 0 Å². The molecule has 0 spiro atoms. The van der Waals surface area contributed by atoms with Gasteiger partial charge in [-0.25, -0.2) is 4.79 Å². The number of rotatable bonds is 1. The van der Waals surface area contributed by atoms with Crippen LogP contribution in [0.25, 0.3) is 0 Å². The molecule has 0 fully saturated rings. The molecule has 1 rings (SSSR count). The van der Waals surface area contributed by atoms with Crippen molar-refractivity contribution >= 4 is 17.6 Å². The fourth-order valence-corrected chi connectivity index (χ4v) is 0.676. The Morgan fingerprint density at radius 3 is 2.83 bits per heavy atom. The Hall–Kier alpha value is -1.78. The zero-order chi connectivity index (χ0) is 8.97. The molecule has 0 aromatic carbocycles. The maximum atomic E-state index is 10.8. The van der Waals surface area contributed by atoms with Crippen molar-refractivity contribution in [3.63, 3.8) is 0 Å². The van der Waals surface area contributed by atoms with E-state index in [9.17, 15) is 9.59 Å². The number of methoxy groups -OCH3 is 1. The number of hydrogen-bond donors (Lipinski definition) is 2. The Labute approximate surface area is 68.7 Å². The average molecular weight is 168 g/mol. The molecule has 5 heteroatoms. The van der Waals surface area contributed by atoms with E-state index in [0.29, 0.717) is 5.69 Å². The van der Waals surface area contributed by atoms with Crippen molar-refractivity contribution in [2.75, 3.05) is 12.4 Å². The molecular formula is C7H8N2O3. The van der Waals surface area contributed by atoms with Crippen molar-refractivity contribution in [2.45, 2.75) is 0 Å². The number of aromatic amines is 1. The highest BCUT2D eigenvalue weighted by molar-refractivity contribution is 6.37. The first kappa shape index (κ1) is 8.32. The fourth-order valence-electron chi connectivity index (χ4n) is 0.676. The van der Waals surface area contributed by atoms with Crippen LogP contribution in [0.2, 0.25) is 0 Å². The van der Waals surface area contributed by atoms with Crippen molar-refractivity contribution in [1.82, 2.24) is 4.98 Å². The number of carbonyl (C=O) groups excluding carboxylic acids is 2. The number of aromatic nitrogens is 1. The van der Waals surface area contributed by atoms with Gasteiger partial charge in [-0.3, -0.25) is 4.79 Å². The Bertz CT molecular complexity index is 279. The molecule has 1 aromatic rings. The molecule has 0 aliphatic carbocycles. The monoisotopic (exact) mass is 168 g/mol. The number of H-pyrrole nitrogens is 1. The maximum absolute atomic E-state index is 10.8. The molecule has 0 atom stereocenters. The number of ether oxygens (including phenoxy) is 1. The number of amides is 1. The van der Waals surface area contributed by atoms with Gasteiger partial charge in [-0.1, -0.05) is 0 Å². The molecule has 0 unspecified atom stereocenters. The maximum Gasteiger partial charge on any atom is 0.396 e. The summed E-state index contributed by atoms with van der Waals surface area (Å²) >= 11 is 0. The molecule has 64 valence electrons. The summed E-state index contributed by atoms with van der Waals surface area (Å²) in [7, 11) is 1.15. The van der Waals surface area contributed by atoms with Gasteiger partial charge in [0.25, 0.3) is 0 Å². The molecule has 0 saturated carbocycles. The Kier molecular flexibility index (Phi) is 2.47. The van der Waals surface area contributed by atoms with Crippen molar-refractivity contribution in [1.29, 1.82) is 0 Å². The molecular weight excluding hydrogens is 160 g/mol. The molecule has 5 nitrogen and oxygen atoms in total. The van der Waals surface area contributed by atoms with E-state index in [1.807, 2.05) is 0 Å². The summed E-state index contributed by atoms with van der Waals surface area (Å²) in [5.74, 6) is -1.69. The molecule has 1 amide bonds. The number of esters is 1. The number of nitrogens with one attached hydrogen (secondary N) is 2. The largest absolute Gasteiger partial charge is 0.462 e. The zero-order valence-electron chi connectivity index (χ0n) is 6.46. The molecule has 1 aromatic heterocycles. The van der Waals surface area contributed by atoms with E-state index in [1.54, 1.807) is 18.5 Å². The van der Waals surface area contributed by atoms with Gasteiger partial charge in [0.05, 0.1) is 12.8 Å². The molecule has 0 saturated heterocycles. The first-order valence-electron chi connectivity index (χ1n) is 3.26. The third kappa shape index (κ3) is 1.85. The molecule has 1 heterocycles. The van der Waals surface area contributed by atoms with E-state index in [2.05, 4.69) is 15.0 Å². The van der Waals surface area contributed by atoms with Crippen LogP contribution in [0.5, 0.6) is 0 Å². The zero-order valence-corrected chi connectivity index (χ0v) is 6.46. The lowest BCUT2D eigenvalue weighted by molar-refractivity contribution is -0.150. The van der Waals surface area contributed by atoms with Gasteiger partial charge in [0, 0.05) is 12.4 Å². The summed E-state index contributed by atoms with van der Waals surface area (Å²) in [5.41, 5.74) is 0.533. The normalized spacial score (nSPS) is 9.08. The van der Waals surface area contributed by atoms with Gasteiger partial charge in [-0.2, -0.15) is 0 Å². The van der Waals surface area contributed by atoms with Gasteiger partial charge in [0.1, 0.15) is 0 Å². The van der Waals surface area contributed by atoms with Crippen LogP contribution in [0.1, 0.15) is 0 Å². The molecule has 0 aliphatic rings. The lowest BCUT2D eigenvalue weighted by Gasteiger charge is -1.98. The Morgan fingerprint density at radius 2 is 2.33 bits per heavy atom. The van der Waals surface area contributed by atoms with Gasteiger partial charge in [0.2, 0.25) is 0 Å². The van der Waals surface area contributed by atoms with E-state index in [-0.39, 0.29) is 0 Å². The number of hydrogen-bond acceptors (Lipinski definition) is 3. The van der Waals surface area contributed by atoms with Gasteiger partial charge in [-0.05, 0) is 6.07 Å². The third-order valence-corrected chi connectivity index (χ3v) is 1.23. The summed E-state index contributed by atoms with van der Waals surface area (Å²) in [6.07, 6.45) is 3.19. The van der Waals surface area contributed by atoms with Crippen molar-refractivity contribution in [2.24, 2.45) is 0 Å². The second-order valence-corrected chi connectivity index (χ2v) is 2.05. The highest BCUT2D eigenvalue weighted by Crippen LogP contribution is 2.02. The van der Waals surface area contributed by atoms with E-state index in [0.717, 1.165) is 7.11 Å². The summed E-state index contributed by atoms with van der Waals surface area (Å²) < 4.78 is 4.20. The van der Waals surface area contributed by atoms with Crippen LogP contribution in [-0.2, 0) is 14.3 Å².